The standard InChI is InChI=1S/C14H20N2O2S/c1-2-14(16-9-4-3-5-10-16)19(17,18)13-8-6-7-12(15)11-13/h2,6-8,11,14H,1,3-5,9-10,15H2. The Bertz CT molecular complexity index is 548. The third kappa shape index (κ3) is 2.98. The lowest BCUT2D eigenvalue weighted by Gasteiger charge is -2.32. The molecule has 0 radical (unpaired) electrons. The van der Waals surface area contributed by atoms with Gasteiger partial charge in [0.2, 0.25) is 0 Å². The van der Waals surface area contributed by atoms with Crippen molar-refractivity contribution in [2.24, 2.45) is 0 Å². The number of hydrogen-bond acceptors (Lipinski definition) is 4. The van der Waals surface area contributed by atoms with Crippen LogP contribution in [0.5, 0.6) is 0 Å². The maximum absolute atomic E-state index is 12.6. The van der Waals surface area contributed by atoms with E-state index in [2.05, 4.69) is 6.58 Å². The van der Waals surface area contributed by atoms with Gasteiger partial charge in [0.25, 0.3) is 0 Å². The maximum atomic E-state index is 12.6. The molecule has 2 N–H and O–H groups in total. The van der Waals surface area contributed by atoms with E-state index >= 15 is 0 Å². The molecule has 4 nitrogen and oxygen atoms in total. The van der Waals surface area contributed by atoms with E-state index in [4.69, 9.17) is 5.73 Å². The molecule has 104 valence electrons. The second-order valence-electron chi connectivity index (χ2n) is 4.84. The van der Waals surface area contributed by atoms with Gasteiger partial charge in [-0.15, -0.1) is 6.58 Å². The normalized spacial score (nSPS) is 18.9. The van der Waals surface area contributed by atoms with Crippen LogP contribution in [0, 0.1) is 0 Å². The molecule has 1 saturated heterocycles. The number of nitrogen functional groups attached to an aromatic ring is 1. The Morgan fingerprint density at radius 1 is 1.26 bits per heavy atom. The smallest absolute Gasteiger partial charge is 0.198 e. The van der Waals surface area contributed by atoms with E-state index in [0.29, 0.717) is 5.69 Å². The highest BCUT2D eigenvalue weighted by Gasteiger charge is 2.31. The van der Waals surface area contributed by atoms with Crippen LogP contribution >= 0.6 is 0 Å². The highest BCUT2D eigenvalue weighted by Crippen LogP contribution is 2.24. The summed E-state index contributed by atoms with van der Waals surface area (Å²) in [5.74, 6) is 0. The molecule has 1 fully saturated rings. The molecule has 0 aromatic heterocycles. The monoisotopic (exact) mass is 280 g/mol. The Hall–Kier alpha value is -1.33. The van der Waals surface area contributed by atoms with Crippen LogP contribution < -0.4 is 5.73 Å². The van der Waals surface area contributed by atoms with Crippen LogP contribution in [0.15, 0.2) is 41.8 Å². The molecule has 1 aromatic rings. The number of likely N-dealkylation sites (tertiary alicyclic amines) is 1. The van der Waals surface area contributed by atoms with Gasteiger partial charge in [0.1, 0.15) is 5.37 Å². The molecule has 0 spiro atoms. The van der Waals surface area contributed by atoms with E-state index < -0.39 is 15.2 Å². The molecule has 1 heterocycles. The van der Waals surface area contributed by atoms with Gasteiger partial charge >= 0.3 is 0 Å². The van der Waals surface area contributed by atoms with Gasteiger partial charge in [0.05, 0.1) is 4.90 Å². The first kappa shape index (κ1) is 14.1. The van der Waals surface area contributed by atoms with E-state index in [9.17, 15) is 8.42 Å². The van der Waals surface area contributed by atoms with Gasteiger partial charge in [-0.3, -0.25) is 4.90 Å². The minimum atomic E-state index is -3.45. The summed E-state index contributed by atoms with van der Waals surface area (Å²) in [6.07, 6.45) is 4.76. The summed E-state index contributed by atoms with van der Waals surface area (Å²) in [7, 11) is -3.45. The molecule has 0 amide bonds. The summed E-state index contributed by atoms with van der Waals surface area (Å²) in [5.41, 5.74) is 6.13. The molecular formula is C14H20N2O2S. The quantitative estimate of drug-likeness (QED) is 0.677. The fraction of sp³-hybridized carbons (Fsp3) is 0.429. The van der Waals surface area contributed by atoms with E-state index in [0.717, 1.165) is 25.9 Å². The number of benzene rings is 1. The number of nitrogens with zero attached hydrogens (tertiary/aromatic N) is 1. The molecule has 0 aliphatic carbocycles. The van der Waals surface area contributed by atoms with Gasteiger partial charge in [-0.2, -0.15) is 0 Å². The van der Waals surface area contributed by atoms with Gasteiger partial charge in [0.15, 0.2) is 9.84 Å². The number of nitrogens with two attached hydrogens (primary N) is 1. The largest absolute Gasteiger partial charge is 0.399 e. The third-order valence-corrected chi connectivity index (χ3v) is 5.49. The molecule has 2 rings (SSSR count). The van der Waals surface area contributed by atoms with Crippen molar-refractivity contribution in [3.63, 3.8) is 0 Å². The number of rotatable bonds is 4. The van der Waals surface area contributed by atoms with E-state index in [1.165, 1.54) is 18.6 Å². The summed E-state index contributed by atoms with van der Waals surface area (Å²) in [5, 5.41) is -0.658. The minimum absolute atomic E-state index is 0.267. The molecule has 1 aromatic carbocycles. The minimum Gasteiger partial charge on any atom is -0.399 e. The first-order chi connectivity index (χ1) is 9.05. The first-order valence-electron chi connectivity index (χ1n) is 6.52. The molecule has 0 saturated carbocycles. The second-order valence-corrected chi connectivity index (χ2v) is 6.88. The predicted octanol–water partition coefficient (Wildman–Crippen LogP) is 2.04. The molecule has 1 atom stereocenters. The fourth-order valence-corrected chi connectivity index (χ4v) is 4.18. The van der Waals surface area contributed by atoms with Crippen LogP contribution in [0.3, 0.4) is 0 Å². The highest BCUT2D eigenvalue weighted by atomic mass is 32.2. The van der Waals surface area contributed by atoms with Crippen LogP contribution in [0.2, 0.25) is 0 Å². The average Bonchev–Trinajstić information content (AvgIpc) is 2.40. The maximum Gasteiger partial charge on any atom is 0.198 e. The lowest BCUT2D eigenvalue weighted by Crippen LogP contribution is -2.42. The van der Waals surface area contributed by atoms with Gasteiger partial charge in [-0.05, 0) is 44.1 Å². The third-order valence-electron chi connectivity index (χ3n) is 3.46. The molecule has 1 aliphatic rings. The number of sulfone groups is 1. The lowest BCUT2D eigenvalue weighted by molar-refractivity contribution is 0.229. The van der Waals surface area contributed by atoms with Crippen LogP contribution in [0.1, 0.15) is 19.3 Å². The van der Waals surface area contributed by atoms with Crippen molar-refractivity contribution in [2.75, 3.05) is 18.8 Å². The Kier molecular flexibility index (Phi) is 4.27. The zero-order valence-corrected chi connectivity index (χ0v) is 11.8. The van der Waals surface area contributed by atoms with Gasteiger partial charge in [-0.1, -0.05) is 18.6 Å². The van der Waals surface area contributed by atoms with Crippen molar-refractivity contribution < 1.29 is 8.42 Å². The van der Waals surface area contributed by atoms with E-state index in [1.54, 1.807) is 18.2 Å². The van der Waals surface area contributed by atoms with Crippen LogP contribution in [0.25, 0.3) is 0 Å². The zero-order chi connectivity index (χ0) is 13.9. The van der Waals surface area contributed by atoms with Gasteiger partial charge in [0, 0.05) is 5.69 Å². The topological polar surface area (TPSA) is 63.4 Å². The Balaban J connectivity index is 2.32. The molecule has 0 bridgehead atoms. The summed E-state index contributed by atoms with van der Waals surface area (Å²) < 4.78 is 25.3. The van der Waals surface area contributed by atoms with Crippen molar-refractivity contribution in [3.05, 3.63) is 36.9 Å². The summed E-state index contributed by atoms with van der Waals surface area (Å²) >= 11 is 0. The van der Waals surface area contributed by atoms with Crippen molar-refractivity contribution >= 4 is 15.5 Å². The molecule has 5 heteroatoms. The first-order valence-corrected chi connectivity index (χ1v) is 8.06. The summed E-state index contributed by atoms with van der Waals surface area (Å²) in [6, 6.07) is 6.45. The van der Waals surface area contributed by atoms with Crippen molar-refractivity contribution in [1.82, 2.24) is 4.90 Å². The number of anilines is 1. The zero-order valence-electron chi connectivity index (χ0n) is 11.0. The molecule has 19 heavy (non-hydrogen) atoms. The van der Waals surface area contributed by atoms with Crippen molar-refractivity contribution in [2.45, 2.75) is 29.5 Å². The van der Waals surface area contributed by atoms with Crippen LogP contribution in [-0.4, -0.2) is 31.8 Å². The van der Waals surface area contributed by atoms with Crippen LogP contribution in [-0.2, 0) is 9.84 Å². The average molecular weight is 280 g/mol. The van der Waals surface area contributed by atoms with Crippen molar-refractivity contribution in [3.8, 4) is 0 Å². The fourth-order valence-electron chi connectivity index (χ4n) is 2.48. The predicted molar refractivity (Wildman–Crippen MR) is 77.4 cm³/mol. The highest BCUT2D eigenvalue weighted by molar-refractivity contribution is 7.92. The second kappa shape index (κ2) is 5.75. The Morgan fingerprint density at radius 3 is 2.53 bits per heavy atom. The Morgan fingerprint density at radius 2 is 1.95 bits per heavy atom. The van der Waals surface area contributed by atoms with E-state index in [-0.39, 0.29) is 4.90 Å². The molecule has 1 aliphatic heterocycles. The van der Waals surface area contributed by atoms with Crippen molar-refractivity contribution in [1.29, 1.82) is 0 Å². The van der Waals surface area contributed by atoms with Gasteiger partial charge in [-0.25, -0.2) is 8.42 Å². The molecular weight excluding hydrogens is 260 g/mol. The number of piperidine rings is 1. The van der Waals surface area contributed by atoms with Crippen LogP contribution in [0.4, 0.5) is 5.69 Å². The lowest BCUT2D eigenvalue weighted by atomic mass is 10.1. The number of hydrogen-bond donors (Lipinski definition) is 1. The van der Waals surface area contributed by atoms with E-state index in [1.807, 2.05) is 4.90 Å². The SMILES string of the molecule is C=CC(N1CCCCC1)S(=O)(=O)c1cccc(N)c1. The Labute approximate surface area is 114 Å². The van der Waals surface area contributed by atoms with Gasteiger partial charge < -0.3 is 5.73 Å². The summed E-state index contributed by atoms with van der Waals surface area (Å²) in [4.78, 5) is 2.25. The summed E-state index contributed by atoms with van der Waals surface area (Å²) in [6.45, 7) is 5.31. The molecule has 1 unspecified atom stereocenters.